The Labute approximate surface area is 108 Å². The first-order chi connectivity index (χ1) is 8.22. The van der Waals surface area contributed by atoms with Gasteiger partial charge in [0.2, 0.25) is 5.88 Å². The van der Waals surface area contributed by atoms with Crippen molar-refractivity contribution in [3.8, 4) is 11.1 Å². The summed E-state index contributed by atoms with van der Waals surface area (Å²) in [6.45, 7) is 0.593. The molecule has 0 aliphatic heterocycles. The van der Waals surface area contributed by atoms with E-state index in [0.29, 0.717) is 18.9 Å². The fourth-order valence-electron chi connectivity index (χ4n) is 1.63. The van der Waals surface area contributed by atoms with Crippen LogP contribution in [0.1, 0.15) is 5.69 Å². The van der Waals surface area contributed by atoms with Gasteiger partial charge in [-0.25, -0.2) is 0 Å². The van der Waals surface area contributed by atoms with E-state index in [1.165, 1.54) is 0 Å². The minimum Gasteiger partial charge on any atom is -0.384 e. The third kappa shape index (κ3) is 2.68. The summed E-state index contributed by atoms with van der Waals surface area (Å²) in [6, 6.07) is 7.87. The Bertz CT molecular complexity index is 494. The van der Waals surface area contributed by atoms with Crippen molar-refractivity contribution in [1.82, 2.24) is 5.16 Å². The molecular weight excluding hydrogens is 284 g/mol. The van der Waals surface area contributed by atoms with Crippen LogP contribution in [0.2, 0.25) is 0 Å². The molecular formula is C12H13BrN2O2. The van der Waals surface area contributed by atoms with Crippen LogP contribution in [0.3, 0.4) is 0 Å². The average molecular weight is 297 g/mol. The number of nitrogen functional groups attached to an aromatic ring is 1. The molecule has 0 unspecified atom stereocenters. The molecule has 0 atom stereocenters. The lowest BCUT2D eigenvalue weighted by atomic mass is 10.0. The Morgan fingerprint density at radius 1 is 1.35 bits per heavy atom. The highest BCUT2D eigenvalue weighted by Gasteiger charge is 2.15. The minimum atomic E-state index is 0.346. The van der Waals surface area contributed by atoms with Crippen LogP contribution in [0.25, 0.3) is 11.1 Å². The highest BCUT2D eigenvalue weighted by Crippen LogP contribution is 2.30. The molecule has 2 aromatic rings. The molecule has 0 aliphatic carbocycles. The second-order valence-electron chi connectivity index (χ2n) is 3.62. The van der Waals surface area contributed by atoms with Crippen molar-refractivity contribution in [2.45, 2.75) is 6.42 Å². The molecule has 0 amide bonds. The van der Waals surface area contributed by atoms with Crippen molar-refractivity contribution in [2.75, 3.05) is 19.5 Å². The highest BCUT2D eigenvalue weighted by molar-refractivity contribution is 9.10. The predicted octanol–water partition coefficient (Wildman–Crippen LogP) is 2.88. The third-order valence-electron chi connectivity index (χ3n) is 2.47. The molecule has 90 valence electrons. The second-order valence-corrected chi connectivity index (χ2v) is 4.53. The van der Waals surface area contributed by atoms with Gasteiger partial charge < -0.3 is 15.0 Å². The largest absolute Gasteiger partial charge is 0.384 e. The average Bonchev–Trinajstić information content (AvgIpc) is 2.69. The summed E-state index contributed by atoms with van der Waals surface area (Å²) in [6.07, 6.45) is 0.683. The molecule has 2 N–H and O–H groups in total. The third-order valence-corrected chi connectivity index (χ3v) is 2.99. The van der Waals surface area contributed by atoms with Crippen LogP contribution in [0.15, 0.2) is 33.3 Å². The minimum absolute atomic E-state index is 0.346. The number of aromatic nitrogens is 1. The Balaban J connectivity index is 2.36. The zero-order valence-corrected chi connectivity index (χ0v) is 11.0. The molecule has 2 rings (SSSR count). The van der Waals surface area contributed by atoms with Crippen molar-refractivity contribution in [3.63, 3.8) is 0 Å². The lowest BCUT2D eigenvalue weighted by molar-refractivity contribution is 0.200. The molecule has 0 fully saturated rings. The molecule has 0 saturated heterocycles. The van der Waals surface area contributed by atoms with Gasteiger partial charge in [-0.2, -0.15) is 0 Å². The maximum atomic E-state index is 5.80. The molecule has 1 aromatic heterocycles. The first kappa shape index (κ1) is 12.1. The van der Waals surface area contributed by atoms with E-state index in [-0.39, 0.29) is 0 Å². The SMILES string of the molecule is COCCc1noc(N)c1-c1ccc(Br)cc1. The quantitative estimate of drug-likeness (QED) is 0.942. The van der Waals surface area contributed by atoms with E-state index in [0.717, 1.165) is 21.3 Å². The van der Waals surface area contributed by atoms with Gasteiger partial charge in [-0.05, 0) is 17.7 Å². The van der Waals surface area contributed by atoms with Gasteiger partial charge in [-0.3, -0.25) is 0 Å². The molecule has 0 saturated carbocycles. The summed E-state index contributed by atoms with van der Waals surface area (Å²) in [5.74, 6) is 0.346. The maximum Gasteiger partial charge on any atom is 0.230 e. The number of halogens is 1. The van der Waals surface area contributed by atoms with Crippen LogP contribution >= 0.6 is 15.9 Å². The van der Waals surface area contributed by atoms with Crippen LogP contribution in [-0.2, 0) is 11.2 Å². The summed E-state index contributed by atoms with van der Waals surface area (Å²) in [7, 11) is 1.66. The van der Waals surface area contributed by atoms with E-state index in [9.17, 15) is 0 Å². The Hall–Kier alpha value is -1.33. The Kier molecular flexibility index (Phi) is 3.81. The summed E-state index contributed by atoms with van der Waals surface area (Å²) < 4.78 is 11.1. The van der Waals surface area contributed by atoms with E-state index < -0.39 is 0 Å². The highest BCUT2D eigenvalue weighted by atomic mass is 79.9. The van der Waals surface area contributed by atoms with E-state index in [2.05, 4.69) is 21.1 Å². The molecule has 4 nitrogen and oxygen atoms in total. The van der Waals surface area contributed by atoms with Crippen molar-refractivity contribution in [2.24, 2.45) is 0 Å². The van der Waals surface area contributed by atoms with Gasteiger partial charge in [-0.15, -0.1) is 0 Å². The number of anilines is 1. The molecule has 0 aliphatic rings. The molecule has 1 aromatic carbocycles. The van der Waals surface area contributed by atoms with Gasteiger partial charge in [0.1, 0.15) is 0 Å². The van der Waals surface area contributed by atoms with Gasteiger partial charge in [-0.1, -0.05) is 33.2 Å². The predicted molar refractivity (Wildman–Crippen MR) is 69.6 cm³/mol. The fourth-order valence-corrected chi connectivity index (χ4v) is 1.90. The first-order valence-corrected chi connectivity index (χ1v) is 6.00. The van der Waals surface area contributed by atoms with Gasteiger partial charge in [0.05, 0.1) is 17.9 Å². The standard InChI is InChI=1S/C12H13BrN2O2/c1-16-7-6-10-11(12(14)17-15-10)8-2-4-9(13)5-3-8/h2-5H,6-7,14H2,1H3. The van der Waals surface area contributed by atoms with Crippen LogP contribution in [-0.4, -0.2) is 18.9 Å². The summed E-state index contributed by atoms with van der Waals surface area (Å²) >= 11 is 3.40. The zero-order chi connectivity index (χ0) is 12.3. The zero-order valence-electron chi connectivity index (χ0n) is 9.44. The lowest BCUT2D eigenvalue weighted by Crippen LogP contribution is -1.97. The number of rotatable bonds is 4. The summed E-state index contributed by atoms with van der Waals surface area (Å²) in [5, 5.41) is 3.96. The Morgan fingerprint density at radius 3 is 2.71 bits per heavy atom. The number of ether oxygens (including phenoxy) is 1. The van der Waals surface area contributed by atoms with E-state index >= 15 is 0 Å². The molecule has 0 bridgehead atoms. The van der Waals surface area contributed by atoms with E-state index in [1.54, 1.807) is 7.11 Å². The first-order valence-electron chi connectivity index (χ1n) is 5.21. The number of nitrogens with zero attached hydrogens (tertiary/aromatic N) is 1. The number of nitrogens with two attached hydrogens (primary N) is 1. The number of methoxy groups -OCH3 is 1. The molecule has 17 heavy (non-hydrogen) atoms. The van der Waals surface area contributed by atoms with E-state index in [4.69, 9.17) is 15.0 Å². The van der Waals surface area contributed by atoms with E-state index in [1.807, 2.05) is 24.3 Å². The van der Waals surface area contributed by atoms with Crippen molar-refractivity contribution in [3.05, 3.63) is 34.4 Å². The van der Waals surface area contributed by atoms with Crippen LogP contribution in [0, 0.1) is 0 Å². The van der Waals surface area contributed by atoms with Gasteiger partial charge in [0.15, 0.2) is 0 Å². The van der Waals surface area contributed by atoms with Crippen LogP contribution in [0.5, 0.6) is 0 Å². The summed E-state index contributed by atoms with van der Waals surface area (Å²) in [4.78, 5) is 0. The second kappa shape index (κ2) is 5.33. The maximum absolute atomic E-state index is 5.80. The fraction of sp³-hybridized carbons (Fsp3) is 0.250. The number of hydrogen-bond donors (Lipinski definition) is 1. The van der Waals surface area contributed by atoms with Crippen molar-refractivity contribution >= 4 is 21.8 Å². The van der Waals surface area contributed by atoms with Gasteiger partial charge >= 0.3 is 0 Å². The molecule has 1 heterocycles. The van der Waals surface area contributed by atoms with Crippen molar-refractivity contribution < 1.29 is 9.26 Å². The van der Waals surface area contributed by atoms with Gasteiger partial charge in [0.25, 0.3) is 0 Å². The molecule has 0 radical (unpaired) electrons. The normalized spacial score (nSPS) is 10.7. The smallest absolute Gasteiger partial charge is 0.230 e. The van der Waals surface area contributed by atoms with Crippen molar-refractivity contribution in [1.29, 1.82) is 0 Å². The number of hydrogen-bond acceptors (Lipinski definition) is 4. The Morgan fingerprint density at radius 2 is 2.06 bits per heavy atom. The number of benzene rings is 1. The lowest BCUT2D eigenvalue weighted by Gasteiger charge is -2.02. The van der Waals surface area contributed by atoms with Crippen LogP contribution in [0.4, 0.5) is 5.88 Å². The van der Waals surface area contributed by atoms with Gasteiger partial charge in [0, 0.05) is 18.0 Å². The summed E-state index contributed by atoms with van der Waals surface area (Å²) in [5.41, 5.74) is 8.48. The van der Waals surface area contributed by atoms with Crippen LogP contribution < -0.4 is 5.73 Å². The molecule has 0 spiro atoms. The monoisotopic (exact) mass is 296 g/mol. The topological polar surface area (TPSA) is 61.3 Å². The molecule has 5 heteroatoms.